The Morgan fingerprint density at radius 2 is 1.80 bits per heavy atom. The summed E-state index contributed by atoms with van der Waals surface area (Å²) in [5, 5.41) is 10.4. The van der Waals surface area contributed by atoms with E-state index < -0.39 is 17.9 Å². The molecule has 1 N–H and O–H groups in total. The van der Waals surface area contributed by atoms with E-state index in [-0.39, 0.29) is 5.92 Å². The molecule has 90 valence electrons. The van der Waals surface area contributed by atoms with Gasteiger partial charge < -0.3 is 5.11 Å². The van der Waals surface area contributed by atoms with Crippen LogP contribution in [0.4, 0.5) is 8.78 Å². The van der Waals surface area contributed by atoms with Gasteiger partial charge in [0.05, 0.1) is 5.60 Å². The highest BCUT2D eigenvalue weighted by Crippen LogP contribution is 2.41. The zero-order valence-electron chi connectivity index (χ0n) is 9.68. The van der Waals surface area contributed by atoms with Gasteiger partial charge in [0.2, 0.25) is 6.43 Å². The Morgan fingerprint density at radius 1 is 1.27 bits per heavy atom. The number of aliphatic hydroxyl groups is 1. The first-order chi connectivity index (χ1) is 7.02. The van der Waals surface area contributed by atoms with E-state index >= 15 is 0 Å². The molecule has 0 bridgehead atoms. The molecule has 1 aliphatic carbocycles. The Bertz CT molecular complexity index is 190. The third kappa shape index (κ3) is 2.68. The lowest BCUT2D eigenvalue weighted by molar-refractivity contribution is -0.123. The number of rotatable bonds is 4. The summed E-state index contributed by atoms with van der Waals surface area (Å²) >= 11 is 0. The Kier molecular flexibility index (Phi) is 4.50. The van der Waals surface area contributed by atoms with Gasteiger partial charge in [-0.1, -0.05) is 33.1 Å². The van der Waals surface area contributed by atoms with E-state index in [9.17, 15) is 13.9 Å². The molecule has 0 aromatic rings. The highest BCUT2D eigenvalue weighted by Gasteiger charge is 2.44. The summed E-state index contributed by atoms with van der Waals surface area (Å²) in [5.74, 6) is -0.842. The molecule has 1 aliphatic rings. The minimum absolute atomic E-state index is 0.0697. The maximum absolute atomic E-state index is 12.7. The van der Waals surface area contributed by atoms with Crippen LogP contribution in [0.15, 0.2) is 0 Å². The van der Waals surface area contributed by atoms with Gasteiger partial charge in [-0.05, 0) is 25.2 Å². The Morgan fingerprint density at radius 3 is 2.20 bits per heavy atom. The SMILES string of the molecule is CCC(O)(C1CCCCC1)C(C)C(F)F. The van der Waals surface area contributed by atoms with Crippen LogP contribution in [0.1, 0.15) is 52.4 Å². The van der Waals surface area contributed by atoms with Crippen molar-refractivity contribution in [2.24, 2.45) is 11.8 Å². The number of alkyl halides is 2. The zero-order chi connectivity index (χ0) is 11.5. The molecule has 0 aromatic carbocycles. The largest absolute Gasteiger partial charge is 0.389 e. The maximum Gasteiger partial charge on any atom is 0.243 e. The van der Waals surface area contributed by atoms with Crippen molar-refractivity contribution in [1.82, 2.24) is 0 Å². The smallest absolute Gasteiger partial charge is 0.243 e. The molecule has 0 radical (unpaired) electrons. The van der Waals surface area contributed by atoms with Crippen LogP contribution in [-0.2, 0) is 0 Å². The molecule has 2 atom stereocenters. The first-order valence-corrected chi connectivity index (χ1v) is 6.03. The normalized spacial score (nSPS) is 25.2. The third-order valence-electron chi connectivity index (χ3n) is 4.04. The summed E-state index contributed by atoms with van der Waals surface area (Å²) in [6.07, 6.45) is 3.15. The highest BCUT2D eigenvalue weighted by molar-refractivity contribution is 4.92. The van der Waals surface area contributed by atoms with E-state index in [1.807, 2.05) is 6.92 Å². The summed E-state index contributed by atoms with van der Waals surface area (Å²) in [6.45, 7) is 3.29. The molecule has 0 heterocycles. The predicted octanol–water partition coefficient (Wildman–Crippen LogP) is 3.61. The average molecular weight is 220 g/mol. The van der Waals surface area contributed by atoms with Gasteiger partial charge in [-0.2, -0.15) is 0 Å². The quantitative estimate of drug-likeness (QED) is 0.767. The van der Waals surface area contributed by atoms with Crippen molar-refractivity contribution in [3.8, 4) is 0 Å². The molecule has 0 aliphatic heterocycles. The van der Waals surface area contributed by atoms with Crippen molar-refractivity contribution in [1.29, 1.82) is 0 Å². The zero-order valence-corrected chi connectivity index (χ0v) is 9.68. The van der Waals surface area contributed by atoms with E-state index in [0.717, 1.165) is 25.7 Å². The van der Waals surface area contributed by atoms with Gasteiger partial charge in [-0.15, -0.1) is 0 Å². The van der Waals surface area contributed by atoms with Crippen molar-refractivity contribution in [2.45, 2.75) is 64.4 Å². The summed E-state index contributed by atoms with van der Waals surface area (Å²) in [4.78, 5) is 0. The van der Waals surface area contributed by atoms with Crippen LogP contribution in [0.2, 0.25) is 0 Å². The van der Waals surface area contributed by atoms with Crippen LogP contribution in [0.25, 0.3) is 0 Å². The minimum Gasteiger partial charge on any atom is -0.389 e. The van der Waals surface area contributed by atoms with Crippen molar-refractivity contribution in [3.05, 3.63) is 0 Å². The summed E-state index contributed by atoms with van der Waals surface area (Å²) in [7, 11) is 0. The molecule has 15 heavy (non-hydrogen) atoms. The topological polar surface area (TPSA) is 20.2 Å². The van der Waals surface area contributed by atoms with Gasteiger partial charge in [0, 0.05) is 5.92 Å². The van der Waals surface area contributed by atoms with Crippen molar-refractivity contribution < 1.29 is 13.9 Å². The molecule has 1 fully saturated rings. The number of hydrogen-bond acceptors (Lipinski definition) is 1. The summed E-state index contributed by atoms with van der Waals surface area (Å²) < 4.78 is 25.4. The lowest BCUT2D eigenvalue weighted by Gasteiger charge is -2.42. The Hall–Kier alpha value is -0.180. The van der Waals surface area contributed by atoms with Gasteiger partial charge in [0.1, 0.15) is 0 Å². The van der Waals surface area contributed by atoms with Gasteiger partial charge in [-0.25, -0.2) is 8.78 Å². The molecular weight excluding hydrogens is 198 g/mol. The second kappa shape index (κ2) is 5.24. The molecule has 0 saturated heterocycles. The summed E-state index contributed by atoms with van der Waals surface area (Å²) in [5.41, 5.74) is -1.16. The molecular formula is C12H22F2O. The van der Waals surface area contributed by atoms with Crippen molar-refractivity contribution in [3.63, 3.8) is 0 Å². The van der Waals surface area contributed by atoms with Crippen molar-refractivity contribution >= 4 is 0 Å². The van der Waals surface area contributed by atoms with E-state index in [1.165, 1.54) is 13.3 Å². The van der Waals surface area contributed by atoms with Gasteiger partial charge in [0.25, 0.3) is 0 Å². The molecule has 2 unspecified atom stereocenters. The molecule has 3 heteroatoms. The fourth-order valence-electron chi connectivity index (χ4n) is 2.80. The van der Waals surface area contributed by atoms with E-state index in [1.54, 1.807) is 0 Å². The second-order valence-corrected chi connectivity index (χ2v) is 4.80. The third-order valence-corrected chi connectivity index (χ3v) is 4.04. The van der Waals surface area contributed by atoms with Crippen LogP contribution in [0, 0.1) is 11.8 Å². The number of halogens is 2. The van der Waals surface area contributed by atoms with E-state index in [2.05, 4.69) is 0 Å². The fourth-order valence-corrected chi connectivity index (χ4v) is 2.80. The monoisotopic (exact) mass is 220 g/mol. The minimum atomic E-state index is -2.42. The standard InChI is InChI=1S/C12H22F2O/c1-3-12(15,9(2)11(13)14)10-7-5-4-6-8-10/h9-11,15H,3-8H2,1-2H3. The lowest BCUT2D eigenvalue weighted by atomic mass is 9.70. The lowest BCUT2D eigenvalue weighted by Crippen LogP contribution is -2.47. The van der Waals surface area contributed by atoms with Crippen LogP contribution in [0.5, 0.6) is 0 Å². The molecule has 0 aromatic heterocycles. The molecule has 0 spiro atoms. The Labute approximate surface area is 90.9 Å². The first kappa shape index (κ1) is 12.9. The fraction of sp³-hybridized carbons (Fsp3) is 1.00. The van der Waals surface area contributed by atoms with Gasteiger partial charge >= 0.3 is 0 Å². The van der Waals surface area contributed by atoms with E-state index in [0.29, 0.717) is 6.42 Å². The highest BCUT2D eigenvalue weighted by atomic mass is 19.3. The van der Waals surface area contributed by atoms with Gasteiger partial charge in [-0.3, -0.25) is 0 Å². The molecule has 0 amide bonds. The van der Waals surface area contributed by atoms with Crippen LogP contribution in [-0.4, -0.2) is 17.1 Å². The first-order valence-electron chi connectivity index (χ1n) is 6.03. The second-order valence-electron chi connectivity index (χ2n) is 4.80. The van der Waals surface area contributed by atoms with Crippen LogP contribution in [0.3, 0.4) is 0 Å². The van der Waals surface area contributed by atoms with Crippen LogP contribution >= 0.6 is 0 Å². The average Bonchev–Trinajstić information content (AvgIpc) is 2.28. The number of hydrogen-bond donors (Lipinski definition) is 1. The molecule has 1 nitrogen and oxygen atoms in total. The van der Waals surface area contributed by atoms with E-state index in [4.69, 9.17) is 0 Å². The van der Waals surface area contributed by atoms with Crippen molar-refractivity contribution in [2.75, 3.05) is 0 Å². The maximum atomic E-state index is 12.7. The molecule has 1 saturated carbocycles. The Balaban J connectivity index is 2.72. The summed E-state index contributed by atoms with van der Waals surface area (Å²) in [6, 6.07) is 0. The molecule has 1 rings (SSSR count). The van der Waals surface area contributed by atoms with Crippen LogP contribution < -0.4 is 0 Å². The predicted molar refractivity (Wildman–Crippen MR) is 57.0 cm³/mol. The van der Waals surface area contributed by atoms with Gasteiger partial charge in [0.15, 0.2) is 0 Å².